The fourth-order valence-electron chi connectivity index (χ4n) is 4.30. The van der Waals surface area contributed by atoms with Crippen molar-refractivity contribution in [3.63, 3.8) is 0 Å². The van der Waals surface area contributed by atoms with Crippen molar-refractivity contribution < 1.29 is 23.9 Å². The number of ether oxygens (including phenoxy) is 1. The summed E-state index contributed by atoms with van der Waals surface area (Å²) in [5.41, 5.74) is 0.399. The second-order valence-corrected chi connectivity index (χ2v) is 9.01. The molecule has 176 valence electrons. The molecule has 0 spiro atoms. The number of imide groups is 1. The Bertz CT molecular complexity index is 1170. The Balaban J connectivity index is 1.75. The van der Waals surface area contributed by atoms with E-state index in [0.717, 1.165) is 10.0 Å². The van der Waals surface area contributed by atoms with Gasteiger partial charge in [0.05, 0.1) is 29.0 Å². The van der Waals surface area contributed by atoms with Crippen LogP contribution in [0, 0.1) is 11.8 Å². The number of nitrogens with zero attached hydrogens (tertiary/aromatic N) is 2. The number of carbonyl (C=O) groups excluding carboxylic acids is 4. The monoisotopic (exact) mass is 500 g/mol. The van der Waals surface area contributed by atoms with E-state index in [4.69, 9.17) is 27.9 Å². The first kappa shape index (κ1) is 24.0. The lowest BCUT2D eigenvalue weighted by Gasteiger charge is -2.34. The van der Waals surface area contributed by atoms with Crippen LogP contribution in [0.4, 0.5) is 0 Å². The molecule has 0 N–H and O–H groups in total. The Morgan fingerprint density at radius 1 is 0.941 bits per heavy atom. The summed E-state index contributed by atoms with van der Waals surface area (Å²) in [7, 11) is 1.51. The lowest BCUT2D eigenvalue weighted by atomic mass is 9.85. The Labute approximate surface area is 206 Å². The maximum atomic E-state index is 13.7. The predicted molar refractivity (Wildman–Crippen MR) is 127 cm³/mol. The average Bonchev–Trinajstić information content (AvgIpc) is 3.10. The summed E-state index contributed by atoms with van der Waals surface area (Å²) >= 11 is 12.1. The van der Waals surface area contributed by atoms with E-state index in [9.17, 15) is 19.2 Å². The fourth-order valence-corrected chi connectivity index (χ4v) is 4.60. The molecule has 1 aliphatic carbocycles. The van der Waals surface area contributed by atoms with Gasteiger partial charge in [0.2, 0.25) is 0 Å². The van der Waals surface area contributed by atoms with Crippen LogP contribution in [0.3, 0.4) is 0 Å². The second-order valence-electron chi connectivity index (χ2n) is 8.19. The minimum atomic E-state index is -1.16. The third-order valence-corrected chi connectivity index (χ3v) is 6.93. The molecule has 9 heteroatoms. The molecule has 1 heterocycles. The molecule has 1 saturated heterocycles. The number of fused-ring (bicyclic) bond motifs is 1. The van der Waals surface area contributed by atoms with Gasteiger partial charge in [0.15, 0.2) is 5.78 Å². The van der Waals surface area contributed by atoms with Gasteiger partial charge in [0.25, 0.3) is 17.7 Å². The quantitative estimate of drug-likeness (QED) is 0.329. The highest BCUT2D eigenvalue weighted by atomic mass is 35.5. The summed E-state index contributed by atoms with van der Waals surface area (Å²) in [6.07, 6.45) is 4.52. The second kappa shape index (κ2) is 9.60. The number of hydrazine groups is 1. The molecule has 7 nitrogen and oxygen atoms in total. The number of halogens is 2. The minimum Gasteiger partial charge on any atom is -0.497 e. The van der Waals surface area contributed by atoms with E-state index in [2.05, 4.69) is 0 Å². The first-order chi connectivity index (χ1) is 16.2. The van der Waals surface area contributed by atoms with Gasteiger partial charge in [0.1, 0.15) is 11.8 Å². The first-order valence-corrected chi connectivity index (χ1v) is 11.5. The zero-order chi connectivity index (χ0) is 24.6. The molecule has 0 unspecified atom stereocenters. The number of benzene rings is 2. The maximum absolute atomic E-state index is 13.7. The van der Waals surface area contributed by atoms with Gasteiger partial charge in [-0.25, -0.2) is 5.01 Å². The number of methoxy groups -OCH3 is 1. The predicted octanol–water partition coefficient (Wildman–Crippen LogP) is 4.58. The molecule has 0 bridgehead atoms. The topological polar surface area (TPSA) is 84.0 Å². The molecular formula is C25H22Cl2N2O5. The van der Waals surface area contributed by atoms with Gasteiger partial charge in [-0.2, -0.15) is 5.01 Å². The number of carbonyl (C=O) groups is 4. The van der Waals surface area contributed by atoms with Crippen LogP contribution in [0.5, 0.6) is 5.75 Å². The molecule has 0 aromatic heterocycles. The smallest absolute Gasteiger partial charge is 0.273 e. The molecule has 3 atom stereocenters. The molecule has 34 heavy (non-hydrogen) atoms. The summed E-state index contributed by atoms with van der Waals surface area (Å²) in [5, 5.41) is 2.19. The number of amides is 3. The van der Waals surface area contributed by atoms with E-state index in [1.165, 1.54) is 32.2 Å². The molecule has 2 aliphatic rings. The molecule has 4 rings (SSSR count). The Kier molecular flexibility index (Phi) is 6.77. The zero-order valence-corrected chi connectivity index (χ0v) is 20.0. The van der Waals surface area contributed by atoms with E-state index < -0.39 is 41.4 Å². The van der Waals surface area contributed by atoms with Crippen molar-refractivity contribution in [1.82, 2.24) is 10.0 Å². The van der Waals surface area contributed by atoms with Crippen LogP contribution < -0.4 is 4.74 Å². The number of allylic oxidation sites excluding steroid dienone is 2. The first-order valence-electron chi connectivity index (χ1n) is 10.7. The zero-order valence-electron chi connectivity index (χ0n) is 18.5. The van der Waals surface area contributed by atoms with Crippen LogP contribution >= 0.6 is 23.2 Å². The lowest BCUT2D eigenvalue weighted by molar-refractivity contribution is -0.156. The Hall–Kier alpha value is -3.16. The van der Waals surface area contributed by atoms with Crippen molar-refractivity contribution in [2.24, 2.45) is 11.8 Å². The molecule has 3 amide bonds. The number of Topliss-reactive ketones (excluding diaryl/α,β-unsaturated/α-hetero) is 1. The highest BCUT2D eigenvalue weighted by molar-refractivity contribution is 6.42. The highest BCUT2D eigenvalue weighted by Gasteiger charge is 2.52. The maximum Gasteiger partial charge on any atom is 0.273 e. The minimum absolute atomic E-state index is 0.0948. The largest absolute Gasteiger partial charge is 0.497 e. The molecule has 0 saturated carbocycles. The van der Waals surface area contributed by atoms with Gasteiger partial charge in [-0.3, -0.25) is 19.2 Å². The van der Waals surface area contributed by atoms with Gasteiger partial charge >= 0.3 is 0 Å². The summed E-state index contributed by atoms with van der Waals surface area (Å²) in [6.45, 7) is 1.49. The summed E-state index contributed by atoms with van der Waals surface area (Å²) < 4.78 is 5.13. The van der Waals surface area contributed by atoms with Gasteiger partial charge in [0, 0.05) is 11.1 Å². The summed E-state index contributed by atoms with van der Waals surface area (Å²) in [6, 6.07) is 9.46. The number of ketones is 1. The summed E-state index contributed by atoms with van der Waals surface area (Å²) in [4.78, 5) is 53.6. The molecular weight excluding hydrogens is 479 g/mol. The van der Waals surface area contributed by atoms with Crippen molar-refractivity contribution in [3.05, 3.63) is 75.8 Å². The van der Waals surface area contributed by atoms with Crippen molar-refractivity contribution in [3.8, 4) is 5.75 Å². The third kappa shape index (κ3) is 4.21. The van der Waals surface area contributed by atoms with Crippen LogP contribution in [0.25, 0.3) is 0 Å². The Morgan fingerprint density at radius 2 is 1.50 bits per heavy atom. The molecule has 1 fully saturated rings. The Morgan fingerprint density at radius 3 is 2.03 bits per heavy atom. The number of hydrogen-bond acceptors (Lipinski definition) is 5. The summed E-state index contributed by atoms with van der Waals surface area (Å²) in [5.74, 6) is -2.71. The van der Waals surface area contributed by atoms with Crippen LogP contribution in [0.2, 0.25) is 10.0 Å². The standard InChI is InChI=1S/C25H22Cl2N2O5/c1-14(22(30)15-7-10-17(34-2)11-8-15)28(23(31)16-9-12-20(26)21(27)13-16)29-24(32)18-5-3-4-6-19(18)25(29)33/h3-4,7-14,18-19H,5-6H2,1-2H3/t14-,18-,19+/m1/s1. The van der Waals surface area contributed by atoms with Crippen LogP contribution in [0.1, 0.15) is 40.5 Å². The van der Waals surface area contributed by atoms with Crippen LogP contribution in [0.15, 0.2) is 54.6 Å². The SMILES string of the molecule is COc1ccc(C(=O)[C@@H](C)N(C(=O)c2ccc(Cl)c(Cl)c2)N2C(=O)[C@H]3CC=CC[C@H]3C2=O)cc1. The van der Waals surface area contributed by atoms with Crippen molar-refractivity contribution in [1.29, 1.82) is 0 Å². The molecule has 2 aromatic rings. The van der Waals surface area contributed by atoms with Crippen molar-refractivity contribution >= 4 is 46.7 Å². The molecule has 1 aliphatic heterocycles. The van der Waals surface area contributed by atoms with E-state index in [-0.39, 0.29) is 15.6 Å². The normalized spacial score (nSPS) is 20.2. The van der Waals surface area contributed by atoms with E-state index in [0.29, 0.717) is 24.2 Å². The van der Waals surface area contributed by atoms with Gasteiger partial charge in [-0.15, -0.1) is 0 Å². The molecule has 0 radical (unpaired) electrons. The van der Waals surface area contributed by atoms with Crippen LogP contribution in [-0.4, -0.2) is 46.7 Å². The van der Waals surface area contributed by atoms with Gasteiger partial charge < -0.3 is 4.74 Å². The van der Waals surface area contributed by atoms with E-state index in [1.54, 1.807) is 24.3 Å². The highest BCUT2D eigenvalue weighted by Crippen LogP contribution is 2.37. The van der Waals surface area contributed by atoms with E-state index >= 15 is 0 Å². The third-order valence-electron chi connectivity index (χ3n) is 6.20. The van der Waals surface area contributed by atoms with Crippen LogP contribution in [-0.2, 0) is 9.59 Å². The lowest BCUT2D eigenvalue weighted by Crippen LogP contribution is -2.56. The van der Waals surface area contributed by atoms with Gasteiger partial charge in [-0.1, -0.05) is 35.4 Å². The van der Waals surface area contributed by atoms with Crippen molar-refractivity contribution in [2.75, 3.05) is 7.11 Å². The van der Waals surface area contributed by atoms with Gasteiger partial charge in [-0.05, 0) is 62.2 Å². The average molecular weight is 501 g/mol. The fraction of sp³-hybridized carbons (Fsp3) is 0.280. The van der Waals surface area contributed by atoms with Crippen molar-refractivity contribution in [2.45, 2.75) is 25.8 Å². The number of hydrogen-bond donors (Lipinski definition) is 0. The number of rotatable bonds is 6. The van der Waals surface area contributed by atoms with E-state index in [1.807, 2.05) is 12.2 Å². The molecule has 2 aromatic carbocycles.